The van der Waals surface area contributed by atoms with Crippen molar-refractivity contribution in [1.29, 1.82) is 0 Å². The predicted molar refractivity (Wildman–Crippen MR) is 41.7 cm³/mol. The van der Waals surface area contributed by atoms with Crippen LogP contribution in [0.15, 0.2) is 0 Å². The summed E-state index contributed by atoms with van der Waals surface area (Å²) in [6, 6.07) is 0.726. The van der Waals surface area contributed by atoms with Gasteiger partial charge >= 0.3 is 0 Å². The summed E-state index contributed by atoms with van der Waals surface area (Å²) in [7, 11) is 0. The van der Waals surface area contributed by atoms with Crippen molar-refractivity contribution >= 4 is 0 Å². The molecule has 0 spiro atoms. The summed E-state index contributed by atoms with van der Waals surface area (Å²) in [4.78, 5) is 0. The minimum absolute atomic E-state index is 0. The molecule has 0 aromatic heterocycles. The van der Waals surface area contributed by atoms with E-state index >= 15 is 0 Å². The fourth-order valence-electron chi connectivity index (χ4n) is 1.00. The fraction of sp³-hybridized carbons (Fsp3) is 1.00. The fourth-order valence-corrected chi connectivity index (χ4v) is 1.00. The molecule has 1 saturated heterocycles. The van der Waals surface area contributed by atoms with Crippen LogP contribution in [0.1, 0.15) is 20.8 Å². The second-order valence-electron chi connectivity index (χ2n) is 2.26. The third-order valence-electron chi connectivity index (χ3n) is 1.62. The highest BCUT2D eigenvalue weighted by Crippen LogP contribution is 1.90. The molecular formula is C7H18N2. The van der Waals surface area contributed by atoms with E-state index in [1.165, 1.54) is 6.42 Å². The maximum Gasteiger partial charge on any atom is 0.0190 e. The molecule has 1 heterocycles. The highest BCUT2D eigenvalue weighted by molar-refractivity contribution is 4.72. The summed E-state index contributed by atoms with van der Waals surface area (Å²) < 4.78 is 0. The lowest BCUT2D eigenvalue weighted by Gasteiger charge is -2.22. The second-order valence-corrected chi connectivity index (χ2v) is 2.26. The van der Waals surface area contributed by atoms with Crippen molar-refractivity contribution in [3.63, 3.8) is 0 Å². The van der Waals surface area contributed by atoms with Crippen LogP contribution < -0.4 is 10.6 Å². The van der Waals surface area contributed by atoms with Crippen molar-refractivity contribution in [1.82, 2.24) is 10.6 Å². The van der Waals surface area contributed by atoms with Gasteiger partial charge in [-0.1, -0.05) is 14.4 Å². The topological polar surface area (TPSA) is 24.1 Å². The second kappa shape index (κ2) is 4.77. The molecular weight excluding hydrogens is 112 g/mol. The van der Waals surface area contributed by atoms with Gasteiger partial charge in [0.25, 0.3) is 0 Å². The van der Waals surface area contributed by atoms with Crippen molar-refractivity contribution in [2.45, 2.75) is 26.8 Å². The summed E-state index contributed by atoms with van der Waals surface area (Å²) in [6.07, 6.45) is 1.24. The molecule has 2 heteroatoms. The van der Waals surface area contributed by atoms with Crippen LogP contribution in [0.3, 0.4) is 0 Å². The zero-order valence-electron chi connectivity index (χ0n) is 5.41. The number of hydrogen-bond acceptors (Lipinski definition) is 2. The first-order chi connectivity index (χ1) is 3.93. The minimum atomic E-state index is 0. The zero-order valence-corrected chi connectivity index (χ0v) is 5.41. The van der Waals surface area contributed by atoms with E-state index in [-0.39, 0.29) is 7.43 Å². The average molecular weight is 130 g/mol. The third kappa shape index (κ3) is 2.82. The third-order valence-corrected chi connectivity index (χ3v) is 1.62. The first-order valence-corrected chi connectivity index (χ1v) is 3.37. The van der Waals surface area contributed by atoms with Gasteiger partial charge in [-0.25, -0.2) is 0 Å². The zero-order chi connectivity index (χ0) is 5.82. The van der Waals surface area contributed by atoms with E-state index in [0.29, 0.717) is 0 Å². The summed E-state index contributed by atoms with van der Waals surface area (Å²) in [5, 5.41) is 6.73. The Kier molecular flexibility index (Phi) is 4.72. The molecule has 9 heavy (non-hydrogen) atoms. The van der Waals surface area contributed by atoms with Crippen molar-refractivity contribution in [2.75, 3.05) is 19.6 Å². The van der Waals surface area contributed by atoms with E-state index < -0.39 is 0 Å². The monoisotopic (exact) mass is 130 g/mol. The first-order valence-electron chi connectivity index (χ1n) is 3.37. The molecule has 1 fully saturated rings. The van der Waals surface area contributed by atoms with Gasteiger partial charge in [-0.15, -0.1) is 0 Å². The lowest BCUT2D eigenvalue weighted by atomic mass is 10.2. The molecule has 0 aromatic carbocycles. The van der Waals surface area contributed by atoms with Crippen LogP contribution in [0.25, 0.3) is 0 Å². The Morgan fingerprint density at radius 1 is 1.44 bits per heavy atom. The molecule has 0 amide bonds. The number of hydrogen-bond donors (Lipinski definition) is 2. The van der Waals surface area contributed by atoms with Crippen molar-refractivity contribution in [3.05, 3.63) is 0 Å². The van der Waals surface area contributed by atoms with Gasteiger partial charge in [0.05, 0.1) is 0 Å². The van der Waals surface area contributed by atoms with Crippen molar-refractivity contribution < 1.29 is 0 Å². The highest BCUT2D eigenvalue weighted by Gasteiger charge is 2.07. The largest absolute Gasteiger partial charge is 0.314 e. The SMILES string of the molecule is C.CC[C@@H]1CNCCN1. The Balaban J connectivity index is 0.000000640. The van der Waals surface area contributed by atoms with Gasteiger partial charge in [0.1, 0.15) is 0 Å². The molecule has 0 saturated carbocycles. The Morgan fingerprint density at radius 2 is 2.22 bits per heavy atom. The van der Waals surface area contributed by atoms with E-state index in [0.717, 1.165) is 25.7 Å². The number of piperazine rings is 1. The predicted octanol–water partition coefficient (Wildman–Crippen LogP) is 0.594. The van der Waals surface area contributed by atoms with E-state index in [4.69, 9.17) is 0 Å². The Labute approximate surface area is 58.0 Å². The quantitative estimate of drug-likeness (QED) is 0.543. The first kappa shape index (κ1) is 8.92. The van der Waals surface area contributed by atoms with Gasteiger partial charge in [-0.05, 0) is 6.42 Å². The Morgan fingerprint density at radius 3 is 2.56 bits per heavy atom. The normalized spacial score (nSPS) is 27.0. The van der Waals surface area contributed by atoms with E-state index in [1.807, 2.05) is 0 Å². The van der Waals surface area contributed by atoms with E-state index in [2.05, 4.69) is 17.6 Å². The van der Waals surface area contributed by atoms with Crippen LogP contribution in [0.4, 0.5) is 0 Å². The smallest absolute Gasteiger partial charge is 0.0190 e. The molecule has 0 radical (unpaired) electrons. The summed E-state index contributed by atoms with van der Waals surface area (Å²) in [5.74, 6) is 0. The van der Waals surface area contributed by atoms with Gasteiger partial charge in [0.2, 0.25) is 0 Å². The summed E-state index contributed by atoms with van der Waals surface area (Å²) in [6.45, 7) is 5.64. The van der Waals surface area contributed by atoms with Gasteiger partial charge < -0.3 is 10.6 Å². The highest BCUT2D eigenvalue weighted by atomic mass is 15.0. The van der Waals surface area contributed by atoms with Crippen LogP contribution >= 0.6 is 0 Å². The van der Waals surface area contributed by atoms with Crippen LogP contribution in [0.2, 0.25) is 0 Å². The van der Waals surface area contributed by atoms with E-state index in [1.54, 1.807) is 0 Å². The standard InChI is InChI=1S/C6H14N2.CH4/c1-2-6-5-7-3-4-8-6;/h6-8H,2-5H2,1H3;1H4/t6-;/m1./s1. The molecule has 0 bridgehead atoms. The van der Waals surface area contributed by atoms with Crippen LogP contribution in [0, 0.1) is 0 Å². The van der Waals surface area contributed by atoms with Crippen LogP contribution in [0.5, 0.6) is 0 Å². The minimum Gasteiger partial charge on any atom is -0.314 e. The summed E-state index contributed by atoms with van der Waals surface area (Å²) >= 11 is 0. The lowest BCUT2D eigenvalue weighted by molar-refractivity contribution is 0.410. The maximum atomic E-state index is 3.41. The molecule has 0 aliphatic carbocycles. The molecule has 1 rings (SSSR count). The molecule has 1 aliphatic heterocycles. The average Bonchev–Trinajstić information content (AvgIpc) is 1.90. The molecule has 0 aromatic rings. The van der Waals surface area contributed by atoms with Crippen molar-refractivity contribution in [2.24, 2.45) is 0 Å². The lowest BCUT2D eigenvalue weighted by Crippen LogP contribution is -2.47. The molecule has 1 atom stereocenters. The Hall–Kier alpha value is -0.0800. The number of nitrogens with one attached hydrogen (secondary N) is 2. The van der Waals surface area contributed by atoms with Gasteiger partial charge in [0.15, 0.2) is 0 Å². The van der Waals surface area contributed by atoms with Crippen LogP contribution in [-0.2, 0) is 0 Å². The summed E-state index contributed by atoms with van der Waals surface area (Å²) in [5.41, 5.74) is 0. The molecule has 2 nitrogen and oxygen atoms in total. The van der Waals surface area contributed by atoms with Crippen LogP contribution in [-0.4, -0.2) is 25.7 Å². The molecule has 0 unspecified atom stereocenters. The number of rotatable bonds is 1. The van der Waals surface area contributed by atoms with Gasteiger partial charge in [0, 0.05) is 25.7 Å². The van der Waals surface area contributed by atoms with E-state index in [9.17, 15) is 0 Å². The van der Waals surface area contributed by atoms with Gasteiger partial charge in [-0.3, -0.25) is 0 Å². The van der Waals surface area contributed by atoms with Gasteiger partial charge in [-0.2, -0.15) is 0 Å². The molecule has 1 aliphatic rings. The molecule has 2 N–H and O–H groups in total. The Bertz CT molecular complexity index is 57.9. The maximum absolute atomic E-state index is 3.41. The van der Waals surface area contributed by atoms with Crippen molar-refractivity contribution in [3.8, 4) is 0 Å². The molecule has 56 valence electrons.